The Hall–Kier alpha value is -1.79. The van der Waals surface area contributed by atoms with E-state index in [4.69, 9.17) is 11.6 Å². The first-order chi connectivity index (χ1) is 9.10. The summed E-state index contributed by atoms with van der Waals surface area (Å²) in [6.07, 6.45) is 0. The van der Waals surface area contributed by atoms with Gasteiger partial charge < -0.3 is 10.6 Å². The Bertz CT molecular complexity index is 518. The van der Waals surface area contributed by atoms with Gasteiger partial charge in [-0.3, -0.25) is 14.6 Å². The fraction of sp³-hybridized carbons (Fsp3) is 0.333. The Balaban J connectivity index is 2.09. The van der Waals surface area contributed by atoms with Crippen LogP contribution in [-0.4, -0.2) is 31.6 Å². The molecule has 1 aromatic rings. The van der Waals surface area contributed by atoms with Crippen LogP contribution in [0.5, 0.6) is 0 Å². The molecule has 0 fully saturated rings. The van der Waals surface area contributed by atoms with Crippen molar-refractivity contribution in [2.24, 2.45) is 4.99 Å². The highest BCUT2D eigenvalue weighted by Crippen LogP contribution is 2.23. The topological polar surface area (TPSA) is 74.8 Å². The van der Waals surface area contributed by atoms with E-state index in [2.05, 4.69) is 25.9 Å². The van der Waals surface area contributed by atoms with Crippen molar-refractivity contribution >= 4 is 29.2 Å². The van der Waals surface area contributed by atoms with Crippen LogP contribution >= 0.6 is 11.6 Å². The Morgan fingerprint density at radius 2 is 2.37 bits per heavy atom. The van der Waals surface area contributed by atoms with Crippen molar-refractivity contribution in [2.75, 3.05) is 19.0 Å². The number of rotatable bonds is 3. The minimum atomic E-state index is -0.346. The van der Waals surface area contributed by atoms with E-state index in [0.717, 1.165) is 6.54 Å². The molecule has 6 nitrogen and oxygen atoms in total. The zero-order valence-electron chi connectivity index (χ0n) is 10.7. The van der Waals surface area contributed by atoms with E-state index in [-0.39, 0.29) is 5.91 Å². The Morgan fingerprint density at radius 1 is 1.58 bits per heavy atom. The van der Waals surface area contributed by atoms with Gasteiger partial charge in [-0.05, 0) is 25.1 Å². The lowest BCUT2D eigenvalue weighted by atomic mass is 10.2. The predicted molar refractivity (Wildman–Crippen MR) is 74.4 cm³/mol. The quantitative estimate of drug-likeness (QED) is 0.733. The lowest BCUT2D eigenvalue weighted by Gasteiger charge is -2.11. The first kappa shape index (κ1) is 13.6. The Labute approximate surface area is 116 Å². The smallest absolute Gasteiger partial charge is 0.274 e. The number of carbonyl (C=O) groups excluding carboxylic acids is 1. The third-order valence-electron chi connectivity index (χ3n) is 2.59. The molecule has 0 spiro atoms. The van der Waals surface area contributed by atoms with Gasteiger partial charge in [0, 0.05) is 11.6 Å². The van der Waals surface area contributed by atoms with Crippen LogP contribution in [0.15, 0.2) is 23.2 Å². The number of carbonyl (C=O) groups is 1. The summed E-state index contributed by atoms with van der Waals surface area (Å²) in [5.74, 6) is 0.337. The third-order valence-corrected chi connectivity index (χ3v) is 2.90. The minimum absolute atomic E-state index is 0.313. The zero-order valence-corrected chi connectivity index (χ0v) is 11.4. The molecule has 1 aliphatic rings. The number of halogens is 1. The highest BCUT2D eigenvalue weighted by atomic mass is 35.5. The lowest BCUT2D eigenvalue weighted by Crippen LogP contribution is -2.32. The van der Waals surface area contributed by atoms with Crippen LogP contribution in [-0.2, 0) is 4.84 Å². The van der Waals surface area contributed by atoms with Gasteiger partial charge in [-0.25, -0.2) is 5.48 Å². The molecule has 0 aliphatic carbocycles. The Kier molecular flexibility index (Phi) is 4.24. The molecule has 0 saturated heterocycles. The summed E-state index contributed by atoms with van der Waals surface area (Å²) < 4.78 is 0. The Morgan fingerprint density at radius 3 is 2.95 bits per heavy atom. The van der Waals surface area contributed by atoms with E-state index < -0.39 is 0 Å². The molecule has 102 valence electrons. The number of nitrogens with zero attached hydrogens (tertiary/aromatic N) is 1. The maximum Gasteiger partial charge on any atom is 0.274 e. The van der Waals surface area contributed by atoms with Crippen molar-refractivity contribution in [1.29, 1.82) is 0 Å². The molecule has 1 heterocycles. The molecular formula is C12H15ClN4O2. The van der Waals surface area contributed by atoms with Gasteiger partial charge in [0.2, 0.25) is 0 Å². The van der Waals surface area contributed by atoms with Crippen LogP contribution in [0.2, 0.25) is 5.02 Å². The maximum absolute atomic E-state index is 11.5. The summed E-state index contributed by atoms with van der Waals surface area (Å²) in [5, 5.41) is 6.69. The molecule has 7 heteroatoms. The van der Waals surface area contributed by atoms with Gasteiger partial charge in [-0.15, -0.1) is 0 Å². The summed E-state index contributed by atoms with van der Waals surface area (Å²) in [6, 6.07) is 5.26. The number of guanidine groups is 1. The number of amides is 1. The number of hydrogen-bond acceptors (Lipinski definition) is 5. The van der Waals surface area contributed by atoms with E-state index in [9.17, 15) is 4.79 Å². The van der Waals surface area contributed by atoms with E-state index in [1.54, 1.807) is 18.2 Å². The standard InChI is InChI=1S/C12H15ClN4O2/c1-7-6-14-12(15-7)16-10-4-3-8(5-9(10)13)11(18)17-19-2/h3-5,7H,6H2,1-2H3,(H,17,18)(H2,14,15,16). The first-order valence-electron chi connectivity index (χ1n) is 5.81. The van der Waals surface area contributed by atoms with Crippen LogP contribution in [0.3, 0.4) is 0 Å². The van der Waals surface area contributed by atoms with Crippen LogP contribution in [0, 0.1) is 0 Å². The monoisotopic (exact) mass is 282 g/mol. The van der Waals surface area contributed by atoms with Gasteiger partial charge in [0.1, 0.15) is 0 Å². The molecule has 2 rings (SSSR count). The van der Waals surface area contributed by atoms with Crippen molar-refractivity contribution in [3.05, 3.63) is 28.8 Å². The van der Waals surface area contributed by atoms with Gasteiger partial charge in [0.05, 0.1) is 24.4 Å². The number of benzene rings is 1. The van der Waals surface area contributed by atoms with Crippen LogP contribution in [0.4, 0.5) is 5.69 Å². The first-order valence-corrected chi connectivity index (χ1v) is 6.19. The zero-order chi connectivity index (χ0) is 13.8. The number of aliphatic imine (C=N–C) groups is 1. The summed E-state index contributed by atoms with van der Waals surface area (Å²) in [7, 11) is 1.38. The summed E-state index contributed by atoms with van der Waals surface area (Å²) >= 11 is 6.12. The fourth-order valence-electron chi connectivity index (χ4n) is 1.67. The summed E-state index contributed by atoms with van der Waals surface area (Å²) in [4.78, 5) is 20.4. The van der Waals surface area contributed by atoms with Crippen LogP contribution < -0.4 is 16.1 Å². The van der Waals surface area contributed by atoms with Crippen LogP contribution in [0.25, 0.3) is 0 Å². The van der Waals surface area contributed by atoms with Gasteiger partial charge in [0.25, 0.3) is 5.91 Å². The van der Waals surface area contributed by atoms with E-state index in [1.165, 1.54) is 7.11 Å². The molecule has 1 unspecified atom stereocenters. The van der Waals surface area contributed by atoms with Crippen molar-refractivity contribution in [2.45, 2.75) is 13.0 Å². The molecule has 3 N–H and O–H groups in total. The largest absolute Gasteiger partial charge is 0.352 e. The molecule has 1 amide bonds. The molecule has 0 aromatic heterocycles. The van der Waals surface area contributed by atoms with Crippen LogP contribution in [0.1, 0.15) is 17.3 Å². The van der Waals surface area contributed by atoms with Crippen molar-refractivity contribution in [3.63, 3.8) is 0 Å². The van der Waals surface area contributed by atoms with Crippen molar-refractivity contribution in [3.8, 4) is 0 Å². The average Bonchev–Trinajstić information content (AvgIpc) is 2.78. The highest BCUT2D eigenvalue weighted by Gasteiger charge is 2.14. The average molecular weight is 283 g/mol. The maximum atomic E-state index is 11.5. The SMILES string of the molecule is CONC(=O)c1ccc(NC2=NCC(C)N2)c(Cl)c1. The van der Waals surface area contributed by atoms with E-state index in [1.807, 2.05) is 6.92 Å². The van der Waals surface area contributed by atoms with E-state index >= 15 is 0 Å². The van der Waals surface area contributed by atoms with Gasteiger partial charge >= 0.3 is 0 Å². The fourth-order valence-corrected chi connectivity index (χ4v) is 1.89. The minimum Gasteiger partial charge on any atom is -0.352 e. The molecule has 19 heavy (non-hydrogen) atoms. The van der Waals surface area contributed by atoms with E-state index in [0.29, 0.717) is 28.3 Å². The molecule has 1 aromatic carbocycles. The summed E-state index contributed by atoms with van der Waals surface area (Å²) in [5.41, 5.74) is 3.35. The molecule has 0 radical (unpaired) electrons. The van der Waals surface area contributed by atoms with Gasteiger partial charge in [0.15, 0.2) is 5.96 Å². The third kappa shape index (κ3) is 3.36. The van der Waals surface area contributed by atoms with Gasteiger partial charge in [-0.1, -0.05) is 11.6 Å². The molecule has 1 atom stereocenters. The second-order valence-corrected chi connectivity index (χ2v) is 4.60. The second kappa shape index (κ2) is 5.90. The second-order valence-electron chi connectivity index (χ2n) is 4.19. The predicted octanol–water partition coefficient (Wildman–Crippen LogP) is 1.39. The molecule has 1 aliphatic heterocycles. The lowest BCUT2D eigenvalue weighted by molar-refractivity contribution is 0.0537. The summed E-state index contributed by atoms with van der Waals surface area (Å²) in [6.45, 7) is 2.77. The number of nitrogens with one attached hydrogen (secondary N) is 3. The highest BCUT2D eigenvalue weighted by molar-refractivity contribution is 6.34. The number of anilines is 1. The molecular weight excluding hydrogens is 268 g/mol. The van der Waals surface area contributed by atoms with Crippen molar-refractivity contribution in [1.82, 2.24) is 10.8 Å². The number of hydroxylamine groups is 1. The normalized spacial score (nSPS) is 17.6. The molecule has 0 saturated carbocycles. The van der Waals surface area contributed by atoms with Crippen molar-refractivity contribution < 1.29 is 9.63 Å². The van der Waals surface area contributed by atoms with Gasteiger partial charge in [-0.2, -0.15) is 0 Å². The number of hydrogen-bond donors (Lipinski definition) is 3. The molecule has 0 bridgehead atoms.